The summed E-state index contributed by atoms with van der Waals surface area (Å²) < 4.78 is 12.4. The van der Waals surface area contributed by atoms with E-state index < -0.39 is 10.8 Å². The number of hydrogen-bond acceptors (Lipinski definition) is 7. The molecule has 0 fully saturated rings. The van der Waals surface area contributed by atoms with E-state index in [1.165, 1.54) is 29.7 Å². The molecule has 0 unspecified atom stereocenters. The van der Waals surface area contributed by atoms with Crippen LogP contribution in [0.2, 0.25) is 0 Å². The summed E-state index contributed by atoms with van der Waals surface area (Å²) in [6.07, 6.45) is 1.49. The zero-order valence-electron chi connectivity index (χ0n) is 15.5. The molecule has 0 aliphatic rings. The van der Waals surface area contributed by atoms with E-state index >= 15 is 0 Å². The van der Waals surface area contributed by atoms with Crippen LogP contribution in [0.4, 0.5) is 5.69 Å². The van der Waals surface area contributed by atoms with Gasteiger partial charge in [-0.15, -0.1) is 11.3 Å². The Morgan fingerprint density at radius 3 is 2.83 bits per heavy atom. The summed E-state index contributed by atoms with van der Waals surface area (Å²) in [5, 5.41) is 15.5. The predicted octanol–water partition coefficient (Wildman–Crippen LogP) is 4.74. The molecule has 0 bridgehead atoms. The zero-order chi connectivity index (χ0) is 21.0. The SMILES string of the molecule is CCOc1c(Br)cc(/C=N\NC(=O)c2cc3cc([N+](=O)[O-])ccc3s2)cc1OC. The number of fused-ring (bicyclic) bond motifs is 1. The Labute approximate surface area is 178 Å². The fourth-order valence-electron chi connectivity index (χ4n) is 2.58. The number of nitro groups is 1. The molecule has 0 saturated heterocycles. The maximum atomic E-state index is 12.4. The van der Waals surface area contributed by atoms with Gasteiger partial charge in [-0.2, -0.15) is 5.10 Å². The summed E-state index contributed by atoms with van der Waals surface area (Å²) >= 11 is 4.67. The van der Waals surface area contributed by atoms with Crippen LogP contribution in [0, 0.1) is 10.1 Å². The molecule has 2 aromatic carbocycles. The van der Waals surface area contributed by atoms with Gasteiger partial charge in [0.15, 0.2) is 11.5 Å². The highest BCUT2D eigenvalue weighted by Gasteiger charge is 2.13. The molecular weight excluding hydrogens is 462 g/mol. The van der Waals surface area contributed by atoms with Gasteiger partial charge in [0.05, 0.1) is 34.2 Å². The summed E-state index contributed by atoms with van der Waals surface area (Å²) in [5.41, 5.74) is 3.14. The molecule has 0 spiro atoms. The van der Waals surface area contributed by atoms with E-state index in [2.05, 4.69) is 26.5 Å². The molecule has 0 aliphatic carbocycles. The van der Waals surface area contributed by atoms with Crippen molar-refractivity contribution >= 4 is 55.2 Å². The molecule has 0 radical (unpaired) electrons. The third-order valence-electron chi connectivity index (χ3n) is 3.85. The number of methoxy groups -OCH3 is 1. The Balaban J connectivity index is 1.75. The lowest BCUT2D eigenvalue weighted by Gasteiger charge is -2.11. The molecule has 1 heterocycles. The summed E-state index contributed by atoms with van der Waals surface area (Å²) in [6, 6.07) is 9.62. The minimum atomic E-state index is -0.468. The Morgan fingerprint density at radius 1 is 1.34 bits per heavy atom. The van der Waals surface area contributed by atoms with Gasteiger partial charge >= 0.3 is 0 Å². The monoisotopic (exact) mass is 477 g/mol. The standard InChI is InChI=1S/C19H16BrN3O5S/c1-3-28-18-14(20)6-11(7-15(18)27-2)10-21-22-19(24)17-9-12-8-13(23(25)26)4-5-16(12)29-17/h4-10H,3H2,1-2H3,(H,22,24)/b21-10-. The van der Waals surface area contributed by atoms with Crippen LogP contribution in [-0.2, 0) is 0 Å². The number of rotatable bonds is 7. The van der Waals surface area contributed by atoms with Crippen LogP contribution in [0.3, 0.4) is 0 Å². The zero-order valence-corrected chi connectivity index (χ0v) is 17.9. The van der Waals surface area contributed by atoms with E-state index in [4.69, 9.17) is 9.47 Å². The number of carbonyl (C=O) groups excluding carboxylic acids is 1. The van der Waals surface area contributed by atoms with Crippen LogP contribution in [0.5, 0.6) is 11.5 Å². The molecule has 3 rings (SSSR count). The van der Waals surface area contributed by atoms with Crippen molar-refractivity contribution in [2.75, 3.05) is 13.7 Å². The topological polar surface area (TPSA) is 103 Å². The number of non-ortho nitro benzene ring substituents is 1. The highest BCUT2D eigenvalue weighted by atomic mass is 79.9. The van der Waals surface area contributed by atoms with Gasteiger partial charge in [-0.25, -0.2) is 5.43 Å². The Bertz CT molecular complexity index is 1110. The van der Waals surface area contributed by atoms with Crippen molar-refractivity contribution in [2.45, 2.75) is 6.92 Å². The Hall–Kier alpha value is -2.98. The van der Waals surface area contributed by atoms with Gasteiger partial charge in [0.2, 0.25) is 0 Å². The van der Waals surface area contributed by atoms with Crippen molar-refractivity contribution in [3.63, 3.8) is 0 Å². The van der Waals surface area contributed by atoms with Gasteiger partial charge in [0.1, 0.15) is 0 Å². The van der Waals surface area contributed by atoms with Crippen LogP contribution in [0.1, 0.15) is 22.2 Å². The van der Waals surface area contributed by atoms with Gasteiger partial charge in [-0.3, -0.25) is 14.9 Å². The number of hydrazone groups is 1. The number of nitrogens with zero attached hydrogens (tertiary/aromatic N) is 2. The lowest BCUT2D eigenvalue weighted by atomic mass is 10.2. The molecule has 150 valence electrons. The predicted molar refractivity (Wildman–Crippen MR) is 115 cm³/mol. The number of ether oxygens (including phenoxy) is 2. The number of hydrogen-bond donors (Lipinski definition) is 1. The molecule has 0 saturated carbocycles. The molecule has 8 nitrogen and oxygen atoms in total. The van der Waals surface area contributed by atoms with Crippen LogP contribution in [-0.4, -0.2) is 30.8 Å². The maximum Gasteiger partial charge on any atom is 0.281 e. The minimum absolute atomic E-state index is 0.0182. The molecule has 1 N–H and O–H groups in total. The first-order chi connectivity index (χ1) is 13.9. The van der Waals surface area contributed by atoms with E-state index in [0.717, 1.165) is 4.70 Å². The number of amides is 1. The van der Waals surface area contributed by atoms with E-state index in [1.54, 1.807) is 31.4 Å². The normalized spacial score (nSPS) is 11.0. The number of halogens is 1. The first-order valence-electron chi connectivity index (χ1n) is 8.44. The van der Waals surface area contributed by atoms with E-state index in [0.29, 0.717) is 38.4 Å². The molecule has 1 aromatic heterocycles. The third kappa shape index (κ3) is 4.72. The highest BCUT2D eigenvalue weighted by Crippen LogP contribution is 2.36. The Kier molecular flexibility index (Phi) is 6.45. The largest absolute Gasteiger partial charge is 0.493 e. The molecule has 10 heteroatoms. The highest BCUT2D eigenvalue weighted by molar-refractivity contribution is 9.10. The number of nitro benzene ring substituents is 1. The first kappa shape index (κ1) is 20.7. The van der Waals surface area contributed by atoms with Crippen LogP contribution in [0.15, 0.2) is 46.0 Å². The minimum Gasteiger partial charge on any atom is -0.493 e. The van der Waals surface area contributed by atoms with E-state index in [1.807, 2.05) is 6.92 Å². The summed E-state index contributed by atoms with van der Waals surface area (Å²) in [5.74, 6) is 0.734. The first-order valence-corrected chi connectivity index (χ1v) is 10.1. The van der Waals surface area contributed by atoms with Gasteiger partial charge in [-0.1, -0.05) is 0 Å². The van der Waals surface area contributed by atoms with Crippen LogP contribution < -0.4 is 14.9 Å². The van der Waals surface area contributed by atoms with Crippen LogP contribution in [0.25, 0.3) is 10.1 Å². The number of thiophene rings is 1. The van der Waals surface area contributed by atoms with Gasteiger partial charge in [0.25, 0.3) is 11.6 Å². The van der Waals surface area contributed by atoms with Gasteiger partial charge in [-0.05, 0) is 52.7 Å². The lowest BCUT2D eigenvalue weighted by molar-refractivity contribution is -0.384. The molecule has 1 amide bonds. The van der Waals surface area contributed by atoms with Crippen molar-refractivity contribution in [3.05, 3.63) is 61.4 Å². The van der Waals surface area contributed by atoms with Crippen molar-refractivity contribution in [3.8, 4) is 11.5 Å². The molecule has 3 aromatic rings. The average molecular weight is 478 g/mol. The molecular formula is C19H16BrN3O5S. The average Bonchev–Trinajstić information content (AvgIpc) is 3.13. The fourth-order valence-corrected chi connectivity index (χ4v) is 4.08. The van der Waals surface area contributed by atoms with Gasteiger partial charge < -0.3 is 9.47 Å². The quantitative estimate of drug-likeness (QED) is 0.300. The number of carbonyl (C=O) groups is 1. The second kappa shape index (κ2) is 9.01. The van der Waals surface area contributed by atoms with Crippen molar-refractivity contribution in [1.29, 1.82) is 0 Å². The lowest BCUT2D eigenvalue weighted by Crippen LogP contribution is -2.16. The number of benzene rings is 2. The summed E-state index contributed by atoms with van der Waals surface area (Å²) in [7, 11) is 1.54. The second-order valence-corrected chi connectivity index (χ2v) is 7.69. The molecule has 29 heavy (non-hydrogen) atoms. The van der Waals surface area contributed by atoms with Crippen LogP contribution >= 0.6 is 27.3 Å². The molecule has 0 aliphatic heterocycles. The second-order valence-electron chi connectivity index (χ2n) is 5.76. The van der Waals surface area contributed by atoms with Gasteiger partial charge in [0, 0.05) is 22.2 Å². The maximum absolute atomic E-state index is 12.4. The van der Waals surface area contributed by atoms with Crippen molar-refractivity contribution < 1.29 is 19.2 Å². The van der Waals surface area contributed by atoms with Crippen molar-refractivity contribution in [1.82, 2.24) is 5.43 Å². The summed E-state index contributed by atoms with van der Waals surface area (Å²) in [4.78, 5) is 23.2. The van der Waals surface area contributed by atoms with Crippen molar-refractivity contribution in [2.24, 2.45) is 5.10 Å². The van der Waals surface area contributed by atoms with E-state index in [-0.39, 0.29) is 5.69 Å². The van der Waals surface area contributed by atoms with E-state index in [9.17, 15) is 14.9 Å². The third-order valence-corrected chi connectivity index (χ3v) is 5.56. The smallest absolute Gasteiger partial charge is 0.281 e. The summed E-state index contributed by atoms with van der Waals surface area (Å²) in [6.45, 7) is 2.37. The Morgan fingerprint density at radius 2 is 2.14 bits per heavy atom. The fraction of sp³-hybridized carbons (Fsp3) is 0.158. The molecule has 0 atom stereocenters. The number of nitrogens with one attached hydrogen (secondary N) is 1.